The van der Waals surface area contributed by atoms with E-state index in [4.69, 9.17) is 0 Å². The third-order valence-electron chi connectivity index (χ3n) is 4.66. The van der Waals surface area contributed by atoms with Gasteiger partial charge >= 0.3 is 0 Å². The van der Waals surface area contributed by atoms with Crippen molar-refractivity contribution in [2.75, 3.05) is 33.7 Å². The predicted octanol–water partition coefficient (Wildman–Crippen LogP) is 1.05. The van der Waals surface area contributed by atoms with Crippen molar-refractivity contribution in [1.82, 2.24) is 15.1 Å². The van der Waals surface area contributed by atoms with Crippen LogP contribution in [0.1, 0.15) is 32.6 Å². The molecule has 0 radical (unpaired) electrons. The van der Waals surface area contributed by atoms with Crippen molar-refractivity contribution in [2.45, 2.75) is 50.2 Å². The van der Waals surface area contributed by atoms with Gasteiger partial charge in [0.15, 0.2) is 0 Å². The lowest BCUT2D eigenvalue weighted by atomic mass is 9.99. The van der Waals surface area contributed by atoms with Gasteiger partial charge in [0.05, 0.1) is 6.07 Å². The molecule has 4 heteroatoms. The zero-order valence-electron chi connectivity index (χ0n) is 11.9. The number of hydrogen-bond acceptors (Lipinski definition) is 4. The molecule has 4 nitrogen and oxygen atoms in total. The molecule has 1 aliphatic heterocycles. The molecule has 18 heavy (non-hydrogen) atoms. The van der Waals surface area contributed by atoms with Crippen LogP contribution in [0.4, 0.5) is 0 Å². The van der Waals surface area contributed by atoms with Crippen LogP contribution in [0.5, 0.6) is 0 Å². The number of rotatable bonds is 4. The van der Waals surface area contributed by atoms with Gasteiger partial charge in [-0.25, -0.2) is 0 Å². The quantitative estimate of drug-likeness (QED) is 0.810. The molecule has 2 rings (SSSR count). The van der Waals surface area contributed by atoms with Crippen molar-refractivity contribution in [3.8, 4) is 6.07 Å². The predicted molar refractivity (Wildman–Crippen MR) is 73.3 cm³/mol. The summed E-state index contributed by atoms with van der Waals surface area (Å²) >= 11 is 0. The van der Waals surface area contributed by atoms with Crippen LogP contribution in [0.2, 0.25) is 0 Å². The summed E-state index contributed by atoms with van der Waals surface area (Å²) in [7, 11) is 4.34. The van der Waals surface area contributed by atoms with E-state index >= 15 is 0 Å². The highest BCUT2D eigenvalue weighted by molar-refractivity contribution is 5.13. The number of nitrogens with one attached hydrogen (secondary N) is 1. The monoisotopic (exact) mass is 250 g/mol. The lowest BCUT2D eigenvalue weighted by Crippen LogP contribution is -2.44. The van der Waals surface area contributed by atoms with Gasteiger partial charge in [-0.15, -0.1) is 0 Å². The summed E-state index contributed by atoms with van der Waals surface area (Å²) in [6.07, 6.45) is 4.44. The second kappa shape index (κ2) is 5.56. The molecule has 3 unspecified atom stereocenters. The van der Waals surface area contributed by atoms with E-state index in [0.29, 0.717) is 12.1 Å². The van der Waals surface area contributed by atoms with Gasteiger partial charge in [-0.3, -0.25) is 10.2 Å². The van der Waals surface area contributed by atoms with Crippen LogP contribution in [0, 0.1) is 11.3 Å². The summed E-state index contributed by atoms with van der Waals surface area (Å²) < 4.78 is 0. The molecular weight excluding hydrogens is 224 g/mol. The van der Waals surface area contributed by atoms with Crippen LogP contribution in [0.3, 0.4) is 0 Å². The minimum atomic E-state index is -0.254. The van der Waals surface area contributed by atoms with E-state index in [1.807, 2.05) is 0 Å². The molecule has 102 valence electrons. The highest BCUT2D eigenvalue weighted by atomic mass is 15.3. The first-order chi connectivity index (χ1) is 8.60. The minimum absolute atomic E-state index is 0.254. The summed E-state index contributed by atoms with van der Waals surface area (Å²) in [4.78, 5) is 4.93. The van der Waals surface area contributed by atoms with Gasteiger partial charge in [0.1, 0.15) is 5.54 Å². The molecule has 0 bridgehead atoms. The average molecular weight is 250 g/mol. The zero-order chi connectivity index (χ0) is 13.2. The molecule has 1 saturated carbocycles. The molecule has 0 aromatic heterocycles. The molecule has 0 amide bonds. The highest BCUT2D eigenvalue weighted by Crippen LogP contribution is 2.34. The maximum atomic E-state index is 9.41. The molecule has 0 aromatic rings. The SMILES string of the molecule is CCNC1(C#N)CCC(N2CCC(N(C)C)C2)C1. The first-order valence-electron chi connectivity index (χ1n) is 7.17. The third kappa shape index (κ3) is 2.69. The first-order valence-corrected chi connectivity index (χ1v) is 7.17. The summed E-state index contributed by atoms with van der Waals surface area (Å²) in [5.74, 6) is 0. The normalized spacial score (nSPS) is 37.3. The fraction of sp³-hybridized carbons (Fsp3) is 0.929. The molecule has 0 spiro atoms. The number of nitrogens with zero attached hydrogens (tertiary/aromatic N) is 3. The second-order valence-corrected chi connectivity index (χ2v) is 6.02. The van der Waals surface area contributed by atoms with E-state index < -0.39 is 0 Å². The summed E-state index contributed by atoms with van der Waals surface area (Å²) in [6.45, 7) is 5.34. The second-order valence-electron chi connectivity index (χ2n) is 6.02. The lowest BCUT2D eigenvalue weighted by Gasteiger charge is -2.27. The molecule has 1 heterocycles. The summed E-state index contributed by atoms with van der Waals surface area (Å²) in [5.41, 5.74) is -0.254. The van der Waals surface area contributed by atoms with Crippen molar-refractivity contribution < 1.29 is 0 Å². The minimum Gasteiger partial charge on any atom is -0.305 e. The van der Waals surface area contributed by atoms with Crippen molar-refractivity contribution in [3.05, 3.63) is 0 Å². The third-order valence-corrected chi connectivity index (χ3v) is 4.66. The summed E-state index contributed by atoms with van der Waals surface area (Å²) in [6, 6.07) is 3.82. The Hall–Kier alpha value is -0.630. The van der Waals surface area contributed by atoms with Crippen LogP contribution >= 0.6 is 0 Å². The molecule has 1 saturated heterocycles. The van der Waals surface area contributed by atoms with Gasteiger partial charge in [0.2, 0.25) is 0 Å². The molecule has 2 aliphatic rings. The Bertz CT molecular complexity index is 322. The Morgan fingerprint density at radius 2 is 2.22 bits per heavy atom. The Labute approximate surface area is 111 Å². The molecule has 2 fully saturated rings. The van der Waals surface area contributed by atoms with Crippen molar-refractivity contribution >= 4 is 0 Å². The topological polar surface area (TPSA) is 42.3 Å². The maximum absolute atomic E-state index is 9.41. The van der Waals surface area contributed by atoms with E-state index in [1.165, 1.54) is 25.9 Å². The van der Waals surface area contributed by atoms with Gasteiger partial charge in [-0.1, -0.05) is 6.92 Å². The Morgan fingerprint density at radius 1 is 1.44 bits per heavy atom. The van der Waals surface area contributed by atoms with E-state index in [2.05, 4.69) is 42.2 Å². The number of hydrogen-bond donors (Lipinski definition) is 1. The smallest absolute Gasteiger partial charge is 0.108 e. The van der Waals surface area contributed by atoms with Crippen molar-refractivity contribution in [1.29, 1.82) is 5.26 Å². The molecule has 1 aliphatic carbocycles. The first kappa shape index (κ1) is 13.8. The highest BCUT2D eigenvalue weighted by Gasteiger charge is 2.42. The Balaban J connectivity index is 1.92. The van der Waals surface area contributed by atoms with E-state index in [1.54, 1.807) is 0 Å². The van der Waals surface area contributed by atoms with Crippen molar-refractivity contribution in [2.24, 2.45) is 0 Å². The van der Waals surface area contributed by atoms with Crippen molar-refractivity contribution in [3.63, 3.8) is 0 Å². The van der Waals surface area contributed by atoms with E-state index in [-0.39, 0.29) is 5.54 Å². The van der Waals surface area contributed by atoms with Gasteiger partial charge in [0.25, 0.3) is 0 Å². The Morgan fingerprint density at radius 3 is 2.78 bits per heavy atom. The number of likely N-dealkylation sites (N-methyl/N-ethyl adjacent to an activating group) is 1. The van der Waals surface area contributed by atoms with Crippen LogP contribution in [0.25, 0.3) is 0 Å². The Kier molecular flexibility index (Phi) is 4.26. The maximum Gasteiger partial charge on any atom is 0.108 e. The lowest BCUT2D eigenvalue weighted by molar-refractivity contribution is 0.211. The van der Waals surface area contributed by atoms with Gasteiger partial charge in [-0.2, -0.15) is 5.26 Å². The van der Waals surface area contributed by atoms with Gasteiger partial charge < -0.3 is 4.90 Å². The zero-order valence-corrected chi connectivity index (χ0v) is 11.9. The average Bonchev–Trinajstić information content (AvgIpc) is 2.95. The summed E-state index contributed by atoms with van der Waals surface area (Å²) in [5, 5.41) is 12.8. The van der Waals surface area contributed by atoms with E-state index in [0.717, 1.165) is 19.4 Å². The fourth-order valence-corrected chi connectivity index (χ4v) is 3.49. The molecule has 0 aromatic carbocycles. The standard InChI is InChI=1S/C14H26N4/c1-4-16-14(11-15)7-5-12(9-14)18-8-6-13(10-18)17(2)3/h12-13,16H,4-10H2,1-3H3. The van der Waals surface area contributed by atoms with E-state index in [9.17, 15) is 5.26 Å². The van der Waals surface area contributed by atoms with Crippen LogP contribution in [-0.2, 0) is 0 Å². The largest absolute Gasteiger partial charge is 0.305 e. The fourth-order valence-electron chi connectivity index (χ4n) is 3.49. The molecular formula is C14H26N4. The number of nitriles is 1. The van der Waals surface area contributed by atoms with Gasteiger partial charge in [0, 0.05) is 25.2 Å². The van der Waals surface area contributed by atoms with Crippen LogP contribution in [-0.4, -0.2) is 61.2 Å². The molecule has 1 N–H and O–H groups in total. The van der Waals surface area contributed by atoms with Gasteiger partial charge in [-0.05, 0) is 46.3 Å². The number of likely N-dealkylation sites (tertiary alicyclic amines) is 1. The molecule has 3 atom stereocenters. The van der Waals surface area contributed by atoms with Crippen LogP contribution in [0.15, 0.2) is 0 Å². The van der Waals surface area contributed by atoms with Crippen LogP contribution < -0.4 is 5.32 Å².